The number of halogens is 1. The number of aryl methyl sites for hydroxylation is 2. The van der Waals surface area contributed by atoms with Gasteiger partial charge in [-0.25, -0.2) is 0 Å². The Kier molecular flexibility index (Phi) is 2.67. The summed E-state index contributed by atoms with van der Waals surface area (Å²) in [4.78, 5) is 0. The average molecular weight is 270 g/mol. The molecular weight excluding hydrogens is 258 g/mol. The molecule has 1 atom stereocenters. The van der Waals surface area contributed by atoms with Gasteiger partial charge in [0, 0.05) is 12.6 Å². The monoisotopic (exact) mass is 269 g/mol. The largest absolute Gasteiger partial charge is 0.469 e. The molecule has 2 aromatic heterocycles. The molecule has 0 radical (unpaired) electrons. The Balaban J connectivity index is 2.40. The maximum atomic E-state index is 6.12. The van der Waals surface area contributed by atoms with Gasteiger partial charge in [0.2, 0.25) is 0 Å². The van der Waals surface area contributed by atoms with Crippen molar-refractivity contribution in [2.24, 2.45) is 12.8 Å². The molecule has 0 spiro atoms. The summed E-state index contributed by atoms with van der Waals surface area (Å²) >= 11 is 3.43. The summed E-state index contributed by atoms with van der Waals surface area (Å²) in [5.41, 5.74) is 8.02. The smallest absolute Gasteiger partial charge is 0.101 e. The predicted octanol–water partition coefficient (Wildman–Crippen LogP) is 2.13. The fraction of sp³-hybridized carbons (Fsp3) is 0.300. The van der Waals surface area contributed by atoms with Crippen LogP contribution < -0.4 is 5.73 Å². The fourth-order valence-corrected chi connectivity index (χ4v) is 2.15. The van der Waals surface area contributed by atoms with Crippen molar-refractivity contribution in [1.82, 2.24) is 9.78 Å². The molecule has 1 unspecified atom stereocenters. The zero-order valence-corrected chi connectivity index (χ0v) is 10.2. The Morgan fingerprint density at radius 3 is 2.80 bits per heavy atom. The first-order valence-corrected chi connectivity index (χ1v) is 5.37. The molecule has 80 valence electrons. The Labute approximate surface area is 96.2 Å². The number of hydrogen-bond donors (Lipinski definition) is 1. The maximum Gasteiger partial charge on any atom is 0.101 e. The van der Waals surface area contributed by atoms with Crippen LogP contribution in [0.4, 0.5) is 0 Å². The van der Waals surface area contributed by atoms with Gasteiger partial charge in [-0.2, -0.15) is 5.10 Å². The van der Waals surface area contributed by atoms with Crippen molar-refractivity contribution in [2.45, 2.75) is 13.0 Å². The van der Waals surface area contributed by atoms with Crippen molar-refractivity contribution in [3.8, 4) is 0 Å². The lowest BCUT2D eigenvalue weighted by Crippen LogP contribution is -2.15. The fourth-order valence-electron chi connectivity index (χ4n) is 1.55. The molecule has 0 aromatic carbocycles. The van der Waals surface area contributed by atoms with Crippen LogP contribution in [0.1, 0.15) is 23.1 Å². The lowest BCUT2D eigenvalue weighted by molar-refractivity contribution is 0.529. The van der Waals surface area contributed by atoms with Crippen molar-refractivity contribution in [2.75, 3.05) is 0 Å². The first kappa shape index (κ1) is 10.4. The molecule has 0 saturated carbocycles. The minimum Gasteiger partial charge on any atom is -0.469 e. The van der Waals surface area contributed by atoms with Crippen LogP contribution in [-0.4, -0.2) is 9.78 Å². The lowest BCUT2D eigenvalue weighted by Gasteiger charge is -2.10. The van der Waals surface area contributed by atoms with Gasteiger partial charge in [0.05, 0.1) is 28.7 Å². The van der Waals surface area contributed by atoms with E-state index in [-0.39, 0.29) is 6.04 Å². The van der Waals surface area contributed by atoms with Gasteiger partial charge < -0.3 is 10.2 Å². The Morgan fingerprint density at radius 1 is 1.60 bits per heavy atom. The van der Waals surface area contributed by atoms with Crippen LogP contribution in [0.15, 0.2) is 27.4 Å². The highest BCUT2D eigenvalue weighted by molar-refractivity contribution is 9.10. The maximum absolute atomic E-state index is 6.12. The number of rotatable bonds is 2. The number of nitrogens with two attached hydrogens (primary N) is 1. The average Bonchev–Trinajstić information content (AvgIpc) is 2.73. The van der Waals surface area contributed by atoms with Crippen molar-refractivity contribution >= 4 is 15.9 Å². The zero-order chi connectivity index (χ0) is 11.0. The molecule has 2 aromatic rings. The molecular formula is C10H12BrN3O. The second kappa shape index (κ2) is 3.83. The van der Waals surface area contributed by atoms with Gasteiger partial charge in [0.15, 0.2) is 0 Å². The van der Waals surface area contributed by atoms with Crippen LogP contribution in [0, 0.1) is 6.92 Å². The van der Waals surface area contributed by atoms with Crippen molar-refractivity contribution in [3.05, 3.63) is 40.0 Å². The highest BCUT2D eigenvalue weighted by Crippen LogP contribution is 2.26. The van der Waals surface area contributed by atoms with Crippen LogP contribution in [0.2, 0.25) is 0 Å². The van der Waals surface area contributed by atoms with Gasteiger partial charge >= 0.3 is 0 Å². The van der Waals surface area contributed by atoms with Crippen molar-refractivity contribution < 1.29 is 4.42 Å². The van der Waals surface area contributed by atoms with Gasteiger partial charge in [-0.15, -0.1) is 0 Å². The quantitative estimate of drug-likeness (QED) is 0.909. The van der Waals surface area contributed by atoms with Gasteiger partial charge in [0.1, 0.15) is 5.76 Å². The third-order valence-electron chi connectivity index (χ3n) is 2.34. The van der Waals surface area contributed by atoms with Gasteiger partial charge in [-0.3, -0.25) is 4.68 Å². The summed E-state index contributed by atoms with van der Waals surface area (Å²) in [6.45, 7) is 1.90. The van der Waals surface area contributed by atoms with Crippen molar-refractivity contribution in [3.63, 3.8) is 0 Å². The number of nitrogens with zero attached hydrogens (tertiary/aromatic N) is 2. The summed E-state index contributed by atoms with van der Waals surface area (Å²) in [6, 6.07) is 1.72. The van der Waals surface area contributed by atoms with Gasteiger partial charge in [-0.1, -0.05) is 0 Å². The number of hydrogen-bond acceptors (Lipinski definition) is 3. The zero-order valence-electron chi connectivity index (χ0n) is 8.57. The summed E-state index contributed by atoms with van der Waals surface area (Å²) in [5, 5.41) is 4.13. The molecule has 2 N–H and O–H groups in total. The first-order valence-electron chi connectivity index (χ1n) is 4.57. The van der Waals surface area contributed by atoms with E-state index in [1.54, 1.807) is 17.1 Å². The van der Waals surface area contributed by atoms with E-state index in [0.717, 1.165) is 21.5 Å². The van der Waals surface area contributed by atoms with E-state index >= 15 is 0 Å². The SMILES string of the molecule is Cc1cc(C(N)c2c(Br)cnn2C)co1. The lowest BCUT2D eigenvalue weighted by atomic mass is 10.1. The highest BCUT2D eigenvalue weighted by Gasteiger charge is 2.18. The van der Waals surface area contributed by atoms with E-state index in [1.165, 1.54) is 0 Å². The van der Waals surface area contributed by atoms with Crippen LogP contribution in [-0.2, 0) is 7.05 Å². The van der Waals surface area contributed by atoms with E-state index in [2.05, 4.69) is 21.0 Å². The molecule has 0 aliphatic heterocycles. The normalized spacial score (nSPS) is 13.1. The predicted molar refractivity (Wildman–Crippen MR) is 60.4 cm³/mol. The third kappa shape index (κ3) is 1.85. The highest BCUT2D eigenvalue weighted by atomic mass is 79.9. The molecule has 0 aliphatic rings. The van der Waals surface area contributed by atoms with Crippen LogP contribution in [0.25, 0.3) is 0 Å². The molecule has 5 heteroatoms. The van der Waals surface area contributed by atoms with Crippen LogP contribution in [0.3, 0.4) is 0 Å². The Morgan fingerprint density at radius 2 is 2.33 bits per heavy atom. The van der Waals surface area contributed by atoms with Gasteiger partial charge in [-0.05, 0) is 28.9 Å². The second-order valence-electron chi connectivity index (χ2n) is 3.47. The minimum absolute atomic E-state index is 0.218. The third-order valence-corrected chi connectivity index (χ3v) is 2.95. The number of furan rings is 1. The first-order chi connectivity index (χ1) is 7.09. The second-order valence-corrected chi connectivity index (χ2v) is 4.32. The van der Waals surface area contributed by atoms with Gasteiger partial charge in [0.25, 0.3) is 0 Å². The molecule has 4 nitrogen and oxygen atoms in total. The van der Waals surface area contributed by atoms with E-state index in [9.17, 15) is 0 Å². The molecule has 0 saturated heterocycles. The summed E-state index contributed by atoms with van der Waals surface area (Å²) in [6.07, 6.45) is 3.42. The Hall–Kier alpha value is -1.07. The van der Waals surface area contributed by atoms with E-state index in [4.69, 9.17) is 10.2 Å². The molecule has 2 rings (SSSR count). The van der Waals surface area contributed by atoms with Crippen LogP contribution in [0.5, 0.6) is 0 Å². The van der Waals surface area contributed by atoms with E-state index < -0.39 is 0 Å². The molecule has 15 heavy (non-hydrogen) atoms. The summed E-state index contributed by atoms with van der Waals surface area (Å²) < 4.78 is 7.91. The Bertz CT molecular complexity index is 455. The van der Waals surface area contributed by atoms with Crippen molar-refractivity contribution in [1.29, 1.82) is 0 Å². The topological polar surface area (TPSA) is 57.0 Å². The molecule has 0 aliphatic carbocycles. The molecule has 0 bridgehead atoms. The van der Waals surface area contributed by atoms with Crippen LogP contribution >= 0.6 is 15.9 Å². The summed E-state index contributed by atoms with van der Waals surface area (Å²) in [5.74, 6) is 0.860. The molecule has 2 heterocycles. The van der Waals surface area contributed by atoms with E-state index in [1.807, 2.05) is 20.0 Å². The molecule has 0 fully saturated rings. The minimum atomic E-state index is -0.218. The molecule has 0 amide bonds. The standard InChI is InChI=1S/C10H12BrN3O/c1-6-3-7(5-15-6)9(12)10-8(11)4-13-14(10)2/h3-5,9H,12H2,1-2H3. The summed E-state index contributed by atoms with van der Waals surface area (Å²) in [7, 11) is 1.87. The van der Waals surface area contributed by atoms with E-state index in [0.29, 0.717) is 0 Å². The number of aromatic nitrogens is 2.